The van der Waals surface area contributed by atoms with E-state index in [1.807, 2.05) is 0 Å². The van der Waals surface area contributed by atoms with Crippen LogP contribution in [0.4, 0.5) is 0 Å². The largest absolute Gasteiger partial charge is 0.394 e. The van der Waals surface area contributed by atoms with Crippen molar-refractivity contribution in [3.05, 3.63) is 0 Å². The average molecular weight is 244 g/mol. The molecule has 0 aromatic heterocycles. The molecule has 0 aliphatic rings. The molecule has 104 valence electrons. The molecule has 17 heavy (non-hydrogen) atoms. The van der Waals surface area contributed by atoms with Crippen LogP contribution in [-0.2, 0) is 0 Å². The molecule has 0 bridgehead atoms. The normalized spacial score (nSPS) is 19.1. The molecule has 0 saturated heterocycles. The van der Waals surface area contributed by atoms with Crippen molar-refractivity contribution in [1.82, 2.24) is 10.2 Å². The molecule has 3 nitrogen and oxygen atoms in total. The first-order valence-corrected chi connectivity index (χ1v) is 6.94. The van der Waals surface area contributed by atoms with Crippen LogP contribution in [-0.4, -0.2) is 48.3 Å². The molecule has 0 saturated carbocycles. The van der Waals surface area contributed by atoms with Crippen LogP contribution in [0.15, 0.2) is 0 Å². The summed E-state index contributed by atoms with van der Waals surface area (Å²) in [6.07, 6.45) is 2.20. The maximum atomic E-state index is 9.49. The lowest BCUT2D eigenvalue weighted by Gasteiger charge is -2.36. The van der Waals surface area contributed by atoms with E-state index in [0.29, 0.717) is 6.04 Å². The Bertz CT molecular complexity index is 199. The zero-order valence-corrected chi connectivity index (χ0v) is 12.6. The first-order chi connectivity index (χ1) is 7.88. The molecule has 0 amide bonds. The van der Waals surface area contributed by atoms with E-state index in [2.05, 4.69) is 51.9 Å². The van der Waals surface area contributed by atoms with Gasteiger partial charge in [-0.2, -0.15) is 0 Å². The smallest absolute Gasteiger partial charge is 0.0611 e. The molecule has 2 N–H and O–H groups in total. The number of aliphatic hydroxyl groups is 1. The molecular formula is C14H32N2O. The van der Waals surface area contributed by atoms with Gasteiger partial charge in [-0.1, -0.05) is 27.2 Å². The molecular weight excluding hydrogens is 212 g/mol. The third-order valence-corrected chi connectivity index (χ3v) is 3.75. The Morgan fingerprint density at radius 3 is 2.29 bits per heavy atom. The molecule has 0 aromatic rings. The van der Waals surface area contributed by atoms with Gasteiger partial charge < -0.3 is 15.3 Å². The Morgan fingerprint density at radius 2 is 1.88 bits per heavy atom. The van der Waals surface area contributed by atoms with E-state index in [1.165, 1.54) is 6.42 Å². The number of nitrogens with one attached hydrogen (secondary N) is 1. The molecule has 0 aliphatic carbocycles. The zero-order chi connectivity index (χ0) is 13.5. The fourth-order valence-corrected chi connectivity index (χ4v) is 2.23. The first kappa shape index (κ1) is 16.9. The summed E-state index contributed by atoms with van der Waals surface area (Å²) >= 11 is 0. The van der Waals surface area contributed by atoms with Crippen molar-refractivity contribution < 1.29 is 5.11 Å². The maximum absolute atomic E-state index is 9.49. The van der Waals surface area contributed by atoms with Crippen molar-refractivity contribution in [3.8, 4) is 0 Å². The van der Waals surface area contributed by atoms with Crippen LogP contribution < -0.4 is 5.32 Å². The van der Waals surface area contributed by atoms with Gasteiger partial charge in [-0.15, -0.1) is 0 Å². The van der Waals surface area contributed by atoms with Gasteiger partial charge in [0.15, 0.2) is 0 Å². The highest BCUT2D eigenvalue weighted by Crippen LogP contribution is 2.16. The quantitative estimate of drug-likeness (QED) is 0.652. The van der Waals surface area contributed by atoms with Crippen LogP contribution in [0, 0.1) is 5.92 Å². The summed E-state index contributed by atoms with van der Waals surface area (Å²) in [6, 6.07) is 0.486. The summed E-state index contributed by atoms with van der Waals surface area (Å²) in [4.78, 5) is 2.40. The van der Waals surface area contributed by atoms with Gasteiger partial charge in [0.2, 0.25) is 0 Å². The van der Waals surface area contributed by atoms with Crippen molar-refractivity contribution in [2.45, 2.75) is 59.0 Å². The van der Waals surface area contributed by atoms with Gasteiger partial charge in [-0.25, -0.2) is 0 Å². The fraction of sp³-hybridized carbons (Fsp3) is 1.00. The highest BCUT2D eigenvalue weighted by atomic mass is 16.3. The van der Waals surface area contributed by atoms with Crippen molar-refractivity contribution in [2.24, 2.45) is 5.92 Å². The Hall–Kier alpha value is -0.120. The Kier molecular flexibility index (Phi) is 8.01. The molecule has 3 atom stereocenters. The average Bonchev–Trinajstić information content (AvgIpc) is 2.28. The maximum Gasteiger partial charge on any atom is 0.0611 e. The molecule has 0 fully saturated rings. The minimum Gasteiger partial charge on any atom is -0.394 e. The van der Waals surface area contributed by atoms with E-state index < -0.39 is 0 Å². The number of rotatable bonds is 9. The topological polar surface area (TPSA) is 35.5 Å². The number of nitrogens with zero attached hydrogens (tertiary/aromatic N) is 1. The third kappa shape index (κ3) is 6.39. The fourth-order valence-electron chi connectivity index (χ4n) is 2.23. The lowest BCUT2D eigenvalue weighted by Crippen LogP contribution is -2.50. The Morgan fingerprint density at radius 1 is 1.29 bits per heavy atom. The minimum atomic E-state index is -0.155. The summed E-state index contributed by atoms with van der Waals surface area (Å²) in [5, 5.41) is 12.9. The van der Waals surface area contributed by atoms with E-state index in [0.717, 1.165) is 25.4 Å². The molecule has 0 heterocycles. The molecule has 0 aromatic carbocycles. The molecule has 0 radical (unpaired) electrons. The van der Waals surface area contributed by atoms with Gasteiger partial charge in [-0.05, 0) is 39.8 Å². The zero-order valence-electron chi connectivity index (χ0n) is 12.6. The molecule has 0 aliphatic heterocycles. The summed E-state index contributed by atoms with van der Waals surface area (Å²) < 4.78 is 0. The van der Waals surface area contributed by atoms with Crippen molar-refractivity contribution in [3.63, 3.8) is 0 Å². The van der Waals surface area contributed by atoms with Crippen LogP contribution in [0.2, 0.25) is 0 Å². The van der Waals surface area contributed by atoms with Crippen molar-refractivity contribution in [2.75, 3.05) is 26.7 Å². The Labute approximate surface area is 108 Å². The van der Waals surface area contributed by atoms with E-state index in [9.17, 15) is 5.11 Å². The predicted molar refractivity (Wildman–Crippen MR) is 75.3 cm³/mol. The molecule has 0 spiro atoms. The predicted octanol–water partition coefficient (Wildman–Crippen LogP) is 2.10. The summed E-state index contributed by atoms with van der Waals surface area (Å²) in [5.74, 6) is 0.738. The van der Waals surface area contributed by atoms with E-state index >= 15 is 0 Å². The SMILES string of the molecule is CCNC(C)(CO)CC(C)N(C)CC(C)CC. The Balaban J connectivity index is 4.25. The van der Waals surface area contributed by atoms with E-state index in [1.54, 1.807) is 0 Å². The van der Waals surface area contributed by atoms with E-state index in [-0.39, 0.29) is 12.1 Å². The lowest BCUT2D eigenvalue weighted by molar-refractivity contribution is 0.121. The monoisotopic (exact) mass is 244 g/mol. The molecule has 0 rings (SSSR count). The standard InChI is InChI=1S/C14H32N2O/c1-7-12(3)10-16(6)13(4)9-14(5,11-17)15-8-2/h12-13,15,17H,7-11H2,1-6H3. The second-order valence-corrected chi connectivity index (χ2v) is 5.76. The van der Waals surface area contributed by atoms with Gasteiger partial charge >= 0.3 is 0 Å². The van der Waals surface area contributed by atoms with E-state index in [4.69, 9.17) is 0 Å². The number of hydrogen-bond donors (Lipinski definition) is 2. The van der Waals surface area contributed by atoms with Gasteiger partial charge in [-0.3, -0.25) is 0 Å². The highest BCUT2D eigenvalue weighted by Gasteiger charge is 2.26. The van der Waals surface area contributed by atoms with Crippen LogP contribution in [0.1, 0.15) is 47.5 Å². The van der Waals surface area contributed by atoms with Gasteiger partial charge in [0, 0.05) is 18.1 Å². The molecule has 3 unspecified atom stereocenters. The van der Waals surface area contributed by atoms with Gasteiger partial charge in [0.05, 0.1) is 6.61 Å². The molecule has 3 heteroatoms. The summed E-state index contributed by atoms with van der Waals surface area (Å²) in [7, 11) is 2.18. The van der Waals surface area contributed by atoms with Gasteiger partial charge in [0.25, 0.3) is 0 Å². The van der Waals surface area contributed by atoms with Crippen molar-refractivity contribution in [1.29, 1.82) is 0 Å². The summed E-state index contributed by atoms with van der Waals surface area (Å²) in [6.45, 7) is 13.2. The summed E-state index contributed by atoms with van der Waals surface area (Å²) in [5.41, 5.74) is -0.155. The van der Waals surface area contributed by atoms with Crippen molar-refractivity contribution >= 4 is 0 Å². The van der Waals surface area contributed by atoms with Crippen LogP contribution in [0.5, 0.6) is 0 Å². The minimum absolute atomic E-state index is 0.155. The third-order valence-electron chi connectivity index (χ3n) is 3.75. The number of likely N-dealkylation sites (N-methyl/N-ethyl adjacent to an activating group) is 1. The second kappa shape index (κ2) is 8.06. The van der Waals surface area contributed by atoms with Gasteiger partial charge in [0.1, 0.15) is 0 Å². The number of aliphatic hydroxyl groups excluding tert-OH is 1. The van der Waals surface area contributed by atoms with Crippen LogP contribution in [0.3, 0.4) is 0 Å². The first-order valence-electron chi connectivity index (χ1n) is 6.94. The second-order valence-electron chi connectivity index (χ2n) is 5.76. The highest BCUT2D eigenvalue weighted by molar-refractivity contribution is 4.86. The lowest BCUT2D eigenvalue weighted by atomic mass is 9.93. The number of hydrogen-bond acceptors (Lipinski definition) is 3. The van der Waals surface area contributed by atoms with Crippen LogP contribution >= 0.6 is 0 Å². The van der Waals surface area contributed by atoms with Crippen LogP contribution in [0.25, 0.3) is 0 Å².